The van der Waals surface area contributed by atoms with E-state index in [1.165, 1.54) is 176 Å². The molecule has 0 N–H and O–H groups in total. The number of rotatable bonds is 21. The van der Waals surface area contributed by atoms with Gasteiger partial charge in [-0.15, -0.1) is 131 Å². The van der Waals surface area contributed by atoms with Crippen molar-refractivity contribution in [3.63, 3.8) is 0 Å². The molecular formula is C142H118Ir2N6. The minimum atomic E-state index is 0. The first kappa shape index (κ1) is 94.1. The number of pyridine rings is 6. The molecule has 16 saturated carbocycles. The third-order valence-electron chi connectivity index (χ3n) is 38.8. The SMILES string of the molecule is [Ir+3].[Ir+3].[c-]1cc(-c2ccccc2-c2cc(-c3ccccc3-c3c[c-]c(-c4cc(C56CC7CC(CC(C7)C5)C6)ccn4)cc3)cc(-c3ccccc3-c3c[c-]c(-c4[c-]cc(-c5ccccc5-c5cc(-c6ccccc6-c6c[c-]c(-c7cc(C89CC%10CC(CC(C%10)C8)C9)ccn7)cc6)cc(-c6ccccc6-c6c[c-]c(-c7cc(C89CC%10CC(CC(C%10)C8)C9)ccn7)cc6)c5)cn4)nc3)c2)ccc1-c1cc(C23CC4CC(CC(C4)C2)C3)ccn1. The molecule has 6 aromatic heterocycles. The molecule has 0 atom stereocenters. The summed E-state index contributed by atoms with van der Waals surface area (Å²) in [6.07, 6.45) is 45.3. The molecule has 8 heteroatoms. The first-order chi connectivity index (χ1) is 72.9. The molecule has 0 amide bonds. The third-order valence-corrected chi connectivity index (χ3v) is 38.8. The Bertz CT molecular complexity index is 7210. The Morgan fingerprint density at radius 2 is 0.347 bits per heavy atom. The summed E-state index contributed by atoms with van der Waals surface area (Å²) in [6, 6.07) is 140. The summed E-state index contributed by atoms with van der Waals surface area (Å²) in [5.74, 6) is 10.4. The van der Waals surface area contributed by atoms with Gasteiger partial charge in [0.25, 0.3) is 0 Å². The summed E-state index contributed by atoms with van der Waals surface area (Å²) >= 11 is 0. The Morgan fingerprint density at radius 1 is 0.173 bits per heavy atom. The first-order valence-electron chi connectivity index (χ1n) is 55.5. The van der Waals surface area contributed by atoms with E-state index in [1.54, 1.807) is 0 Å². The van der Waals surface area contributed by atoms with Crippen LogP contribution in [0.15, 0.2) is 353 Å². The van der Waals surface area contributed by atoms with Crippen LogP contribution in [-0.4, -0.2) is 29.9 Å². The molecular weight excluding hydrogens is 2170 g/mol. The average Bonchev–Trinajstić information content (AvgIpc) is 0.739. The van der Waals surface area contributed by atoms with Crippen LogP contribution in [0.2, 0.25) is 0 Å². The first-order valence-corrected chi connectivity index (χ1v) is 55.5. The number of hydrogen-bond donors (Lipinski definition) is 0. The van der Waals surface area contributed by atoms with E-state index in [2.05, 4.69) is 377 Å². The van der Waals surface area contributed by atoms with Crippen LogP contribution in [0, 0.1) is 107 Å². The molecule has 12 aromatic carbocycles. The zero-order valence-electron chi connectivity index (χ0n) is 84.7. The van der Waals surface area contributed by atoms with Gasteiger partial charge in [-0.25, -0.2) is 12.1 Å². The van der Waals surface area contributed by atoms with Crippen LogP contribution >= 0.6 is 0 Å². The second kappa shape index (κ2) is 38.0. The fraction of sp³-hybridized carbons (Fsp3) is 0.282. The predicted molar refractivity (Wildman–Crippen MR) is 598 cm³/mol. The van der Waals surface area contributed by atoms with Gasteiger partial charge in [0.1, 0.15) is 0 Å². The quantitative estimate of drug-likeness (QED) is 0.0667. The average molecular weight is 2290 g/mol. The van der Waals surface area contributed by atoms with Crippen molar-refractivity contribution in [3.05, 3.63) is 411 Å². The Hall–Kier alpha value is -13.2. The van der Waals surface area contributed by atoms with E-state index in [9.17, 15) is 0 Å². The summed E-state index contributed by atoms with van der Waals surface area (Å²) in [5.41, 5.74) is 42.7. The van der Waals surface area contributed by atoms with Gasteiger partial charge >= 0.3 is 40.2 Å². The summed E-state index contributed by atoms with van der Waals surface area (Å²) in [5, 5.41) is 0. The fourth-order valence-corrected chi connectivity index (χ4v) is 33.9. The van der Waals surface area contributed by atoms with Crippen molar-refractivity contribution in [2.75, 3.05) is 0 Å². The predicted octanol–water partition coefficient (Wildman–Crippen LogP) is 35.1. The van der Waals surface area contributed by atoms with E-state index in [0.29, 0.717) is 11.4 Å². The molecule has 6 nitrogen and oxygen atoms in total. The van der Waals surface area contributed by atoms with Crippen LogP contribution in [-0.2, 0) is 61.9 Å². The molecule has 16 fully saturated rings. The van der Waals surface area contributed by atoms with E-state index in [0.717, 1.165) is 250 Å². The van der Waals surface area contributed by atoms with E-state index in [1.807, 2.05) is 12.4 Å². The third kappa shape index (κ3) is 17.0. The van der Waals surface area contributed by atoms with Crippen molar-refractivity contribution in [1.82, 2.24) is 29.9 Å². The van der Waals surface area contributed by atoms with Gasteiger partial charge in [-0.3, -0.25) is 0 Å². The van der Waals surface area contributed by atoms with Crippen molar-refractivity contribution < 1.29 is 40.2 Å². The molecule has 18 aromatic rings. The Balaban J connectivity index is 0.00000540. The van der Waals surface area contributed by atoms with Crippen molar-refractivity contribution >= 4 is 0 Å². The van der Waals surface area contributed by atoms with E-state index >= 15 is 0 Å². The molecule has 16 bridgehead atoms. The Labute approximate surface area is 910 Å². The maximum atomic E-state index is 5.24. The van der Waals surface area contributed by atoms with E-state index in [4.69, 9.17) is 29.9 Å². The molecule has 0 spiro atoms. The zero-order chi connectivity index (χ0) is 97.3. The van der Waals surface area contributed by atoms with Crippen molar-refractivity contribution in [1.29, 1.82) is 0 Å². The summed E-state index contributed by atoms with van der Waals surface area (Å²) in [7, 11) is 0. The van der Waals surface area contributed by atoms with Gasteiger partial charge in [0.15, 0.2) is 0 Å². The molecule has 16 aliphatic rings. The van der Waals surface area contributed by atoms with Crippen LogP contribution in [0.3, 0.4) is 0 Å². The normalized spacial score (nSPS) is 25.9. The van der Waals surface area contributed by atoms with Gasteiger partial charge in [0.05, 0.1) is 0 Å². The molecule has 6 heterocycles. The van der Waals surface area contributed by atoms with Crippen LogP contribution in [0.25, 0.3) is 190 Å². The maximum Gasteiger partial charge on any atom is 3.00 e. The number of hydrogen-bond acceptors (Lipinski definition) is 6. The van der Waals surface area contributed by atoms with E-state index < -0.39 is 0 Å². The van der Waals surface area contributed by atoms with E-state index in [-0.39, 0.29) is 61.9 Å². The van der Waals surface area contributed by atoms with Gasteiger partial charge in [0.2, 0.25) is 0 Å². The zero-order valence-corrected chi connectivity index (χ0v) is 89.5. The molecule has 16 aliphatic carbocycles. The van der Waals surface area contributed by atoms with Crippen molar-refractivity contribution in [3.8, 4) is 190 Å². The molecule has 150 heavy (non-hydrogen) atoms. The minimum Gasteiger partial charge on any atom is -0.357 e. The van der Waals surface area contributed by atoms with Gasteiger partial charge in [-0.1, -0.05) is 237 Å². The minimum absolute atomic E-state index is 0. The second-order valence-electron chi connectivity index (χ2n) is 48.0. The summed E-state index contributed by atoms with van der Waals surface area (Å²) in [4.78, 5) is 30.7. The standard InChI is InChI=1S/C142H118N6.2Ir/c1-7-19-127(121(13-1)101-25-33-105(34-26-101)135-71-117(45-49-143-135)139-75-89-53-90(76-139)55-91(54-89)77-139)111-65-112(128-20-8-2-14-122(128)102-27-35-106(36-28-102)136-72-118(46-50-144-136)140-78-92-56-93(79-140)58-94(57-92)80-140)68-115(67-111)131-23-11-5-17-125(131)109-41-43-133(147-87-109)134-44-42-110(88-148-134)126-18-6-12-24-132(126)116-69-113(129-21-9-3-15-123(129)103-29-37-107(38-30-103)137-73-119(47-51-145-137)141-81-95-59-96(82-141)61-97(60-95)83-141)66-114(70-116)130-22-10-4-16-124(130)104-31-39-108(40-32-104)138-74-120(48-52-146-138)142-84-98-62-99(85-142)64-100(63-98)86-142;;/h1-33,35,37,39,41-42,45-52,65-74,87-100H,53-64,75-86H2;;/q-6;2*+3. The number of benzene rings is 12. The van der Waals surface area contributed by atoms with Gasteiger partial charge in [0, 0.05) is 24.8 Å². The Morgan fingerprint density at radius 3 is 0.513 bits per heavy atom. The van der Waals surface area contributed by atoms with Crippen LogP contribution < -0.4 is 0 Å². The van der Waals surface area contributed by atoms with Crippen molar-refractivity contribution in [2.45, 2.75) is 176 Å². The largest absolute Gasteiger partial charge is 3.00 e. The monoisotopic (exact) mass is 2290 g/mol. The Kier molecular flexibility index (Phi) is 23.8. The van der Waals surface area contributed by atoms with Gasteiger partial charge in [-0.05, 0) is 432 Å². The molecule has 0 saturated heterocycles. The molecule has 0 radical (unpaired) electrons. The molecule has 734 valence electrons. The van der Waals surface area contributed by atoms with Crippen LogP contribution in [0.1, 0.15) is 176 Å². The second-order valence-corrected chi connectivity index (χ2v) is 48.0. The fourth-order valence-electron chi connectivity index (χ4n) is 33.9. The number of aromatic nitrogens is 6. The van der Waals surface area contributed by atoms with Crippen LogP contribution in [0.5, 0.6) is 0 Å². The molecule has 0 aliphatic heterocycles. The smallest absolute Gasteiger partial charge is 0.357 e. The topological polar surface area (TPSA) is 77.3 Å². The molecule has 0 unspecified atom stereocenters. The van der Waals surface area contributed by atoms with Gasteiger partial charge < -0.3 is 29.9 Å². The molecule has 34 rings (SSSR count). The van der Waals surface area contributed by atoms with Crippen LogP contribution in [0.4, 0.5) is 0 Å². The number of nitrogens with zero attached hydrogens (tertiary/aromatic N) is 6. The van der Waals surface area contributed by atoms with Gasteiger partial charge in [-0.2, -0.15) is 12.1 Å². The van der Waals surface area contributed by atoms with Crippen molar-refractivity contribution in [2.24, 2.45) is 71.0 Å². The summed E-state index contributed by atoms with van der Waals surface area (Å²) in [6.45, 7) is 0. The summed E-state index contributed by atoms with van der Waals surface area (Å²) < 4.78 is 0. The maximum absolute atomic E-state index is 5.24.